The van der Waals surface area contributed by atoms with Gasteiger partial charge in [-0.2, -0.15) is 0 Å². The number of carbonyl (C=O) groups is 2. The van der Waals surface area contributed by atoms with Crippen LogP contribution < -0.4 is 10.2 Å². The summed E-state index contributed by atoms with van der Waals surface area (Å²) < 4.78 is 39.7. The van der Waals surface area contributed by atoms with Gasteiger partial charge in [-0.1, -0.05) is 6.07 Å². The third-order valence-electron chi connectivity index (χ3n) is 4.39. The number of halogens is 3. The van der Waals surface area contributed by atoms with Crippen molar-refractivity contribution < 1.29 is 27.7 Å². The first-order valence-electron chi connectivity index (χ1n) is 8.55. The zero-order valence-corrected chi connectivity index (χ0v) is 14.5. The molecule has 3 rings (SSSR count). The van der Waals surface area contributed by atoms with Gasteiger partial charge in [-0.05, 0) is 30.3 Å². The highest BCUT2D eigenvalue weighted by molar-refractivity contribution is 5.94. The summed E-state index contributed by atoms with van der Waals surface area (Å²) >= 11 is 0. The molecule has 1 aliphatic heterocycles. The summed E-state index contributed by atoms with van der Waals surface area (Å²) in [4.78, 5) is 26.9. The van der Waals surface area contributed by atoms with Crippen LogP contribution in [0.2, 0.25) is 0 Å². The smallest absolute Gasteiger partial charge is 0.279 e. The van der Waals surface area contributed by atoms with Crippen LogP contribution in [0.4, 0.5) is 18.9 Å². The van der Waals surface area contributed by atoms with Crippen LogP contribution in [0, 0.1) is 17.5 Å². The molecule has 0 radical (unpaired) electrons. The van der Waals surface area contributed by atoms with E-state index in [0.717, 1.165) is 23.1 Å². The summed E-state index contributed by atoms with van der Waals surface area (Å²) in [6.07, 6.45) is 0. The molecule has 0 unspecified atom stereocenters. The molecule has 0 aromatic heterocycles. The van der Waals surface area contributed by atoms with E-state index in [1.165, 1.54) is 23.1 Å². The van der Waals surface area contributed by atoms with Crippen molar-refractivity contribution >= 4 is 17.5 Å². The van der Waals surface area contributed by atoms with E-state index in [2.05, 4.69) is 5.32 Å². The second-order valence-corrected chi connectivity index (χ2v) is 6.44. The fourth-order valence-corrected chi connectivity index (χ4v) is 3.06. The van der Waals surface area contributed by atoms with E-state index >= 15 is 0 Å². The third kappa shape index (κ3) is 5.07. The lowest BCUT2D eigenvalue weighted by atomic mass is 10.1. The Kier molecular flexibility index (Phi) is 5.75. The lowest BCUT2D eigenvalue weighted by Gasteiger charge is -2.32. The molecular formula is C19H19F3N3O2+. The van der Waals surface area contributed by atoms with Gasteiger partial charge < -0.3 is 15.1 Å². The number of piperazine rings is 1. The first-order valence-corrected chi connectivity index (χ1v) is 8.55. The Balaban J connectivity index is 1.51. The number of nitrogens with one attached hydrogen (secondary N) is 2. The van der Waals surface area contributed by atoms with Gasteiger partial charge in [0, 0.05) is 17.3 Å². The Morgan fingerprint density at radius 3 is 2.26 bits per heavy atom. The molecule has 142 valence electrons. The normalized spacial score (nSPS) is 14.9. The van der Waals surface area contributed by atoms with Gasteiger partial charge >= 0.3 is 0 Å². The molecular weight excluding hydrogens is 359 g/mol. The van der Waals surface area contributed by atoms with Gasteiger partial charge in [-0.3, -0.25) is 9.59 Å². The van der Waals surface area contributed by atoms with Crippen molar-refractivity contribution in [2.75, 3.05) is 38.0 Å². The summed E-state index contributed by atoms with van der Waals surface area (Å²) in [5.74, 6) is -2.70. The first-order chi connectivity index (χ1) is 12.9. The second-order valence-electron chi connectivity index (χ2n) is 6.44. The minimum Gasteiger partial charge on any atom is -0.327 e. The van der Waals surface area contributed by atoms with Crippen molar-refractivity contribution in [3.8, 4) is 0 Å². The van der Waals surface area contributed by atoms with Gasteiger partial charge in [0.05, 0.1) is 26.2 Å². The number of hydrogen-bond acceptors (Lipinski definition) is 2. The predicted molar refractivity (Wildman–Crippen MR) is 92.9 cm³/mol. The molecule has 0 aliphatic carbocycles. The molecule has 0 atom stereocenters. The molecule has 0 bridgehead atoms. The van der Waals surface area contributed by atoms with Gasteiger partial charge in [0.2, 0.25) is 0 Å². The van der Waals surface area contributed by atoms with Gasteiger partial charge in [0.25, 0.3) is 11.8 Å². The lowest BCUT2D eigenvalue weighted by Crippen LogP contribution is -3.15. The fourth-order valence-electron chi connectivity index (χ4n) is 3.06. The van der Waals surface area contributed by atoms with Crippen molar-refractivity contribution in [3.63, 3.8) is 0 Å². The summed E-state index contributed by atoms with van der Waals surface area (Å²) in [7, 11) is 0. The van der Waals surface area contributed by atoms with Crippen LogP contribution in [-0.2, 0) is 4.79 Å². The maximum atomic E-state index is 13.3. The highest BCUT2D eigenvalue weighted by atomic mass is 19.1. The highest BCUT2D eigenvalue weighted by Gasteiger charge is 2.26. The molecule has 1 fully saturated rings. The highest BCUT2D eigenvalue weighted by Crippen LogP contribution is 2.11. The van der Waals surface area contributed by atoms with E-state index in [1.54, 1.807) is 6.07 Å². The van der Waals surface area contributed by atoms with Crippen molar-refractivity contribution in [1.29, 1.82) is 0 Å². The Bertz CT molecular complexity index is 832. The number of anilines is 1. The Labute approximate surface area is 154 Å². The van der Waals surface area contributed by atoms with E-state index < -0.39 is 23.4 Å². The molecule has 1 saturated heterocycles. The molecule has 5 nitrogen and oxygen atoms in total. The lowest BCUT2D eigenvalue weighted by molar-refractivity contribution is -0.895. The standard InChI is InChI=1S/C19H18F3N3O2/c20-14-2-1-3-17(11-14)23-18(26)12-24-4-6-25(7-5-24)19(27)13-8-15(21)10-16(22)9-13/h1-3,8-11H,4-7,12H2,(H,23,26)/p+1. The largest absolute Gasteiger partial charge is 0.327 e. The summed E-state index contributed by atoms with van der Waals surface area (Å²) in [6, 6.07) is 8.39. The summed E-state index contributed by atoms with van der Waals surface area (Å²) in [5.41, 5.74) is 0.362. The minimum atomic E-state index is -0.795. The van der Waals surface area contributed by atoms with E-state index in [9.17, 15) is 22.8 Å². The summed E-state index contributed by atoms with van der Waals surface area (Å²) in [5, 5.41) is 2.64. The molecule has 0 spiro atoms. The Morgan fingerprint density at radius 1 is 0.963 bits per heavy atom. The van der Waals surface area contributed by atoms with Crippen molar-refractivity contribution in [2.45, 2.75) is 0 Å². The van der Waals surface area contributed by atoms with Crippen molar-refractivity contribution in [3.05, 3.63) is 65.5 Å². The van der Waals surface area contributed by atoms with Crippen molar-refractivity contribution in [2.24, 2.45) is 0 Å². The average Bonchev–Trinajstić information content (AvgIpc) is 2.61. The first kappa shape index (κ1) is 18.9. The van der Waals surface area contributed by atoms with Crippen molar-refractivity contribution in [1.82, 2.24) is 4.90 Å². The van der Waals surface area contributed by atoms with E-state index in [-0.39, 0.29) is 18.0 Å². The summed E-state index contributed by atoms with van der Waals surface area (Å²) in [6.45, 7) is 1.99. The Morgan fingerprint density at radius 2 is 1.63 bits per heavy atom. The zero-order chi connectivity index (χ0) is 19.4. The quantitative estimate of drug-likeness (QED) is 0.837. The maximum Gasteiger partial charge on any atom is 0.279 e. The van der Waals surface area contributed by atoms with Gasteiger partial charge in [-0.15, -0.1) is 0 Å². The topological polar surface area (TPSA) is 53.9 Å². The molecule has 2 N–H and O–H groups in total. The molecule has 8 heteroatoms. The minimum absolute atomic E-state index is 0.0280. The molecule has 27 heavy (non-hydrogen) atoms. The maximum absolute atomic E-state index is 13.3. The van der Waals surface area contributed by atoms with Gasteiger partial charge in [-0.25, -0.2) is 13.2 Å². The number of benzene rings is 2. The van der Waals surface area contributed by atoms with Crippen LogP contribution in [0.1, 0.15) is 10.4 Å². The Hall–Kier alpha value is -2.87. The van der Waals surface area contributed by atoms with E-state index in [4.69, 9.17) is 0 Å². The molecule has 2 aromatic rings. The van der Waals surface area contributed by atoms with Crippen LogP contribution in [0.3, 0.4) is 0 Å². The van der Waals surface area contributed by atoms with Gasteiger partial charge in [0.15, 0.2) is 6.54 Å². The molecule has 0 saturated carbocycles. The van der Waals surface area contributed by atoms with E-state index in [0.29, 0.717) is 31.9 Å². The predicted octanol–water partition coefficient (Wildman–Crippen LogP) is 1.08. The van der Waals surface area contributed by atoms with E-state index in [1.807, 2.05) is 0 Å². The number of rotatable bonds is 4. The van der Waals surface area contributed by atoms with Crippen LogP contribution in [-0.4, -0.2) is 49.4 Å². The molecule has 1 heterocycles. The van der Waals surface area contributed by atoms with Crippen LogP contribution in [0.25, 0.3) is 0 Å². The molecule has 1 aliphatic rings. The zero-order valence-electron chi connectivity index (χ0n) is 14.5. The average molecular weight is 378 g/mol. The third-order valence-corrected chi connectivity index (χ3v) is 4.39. The monoisotopic (exact) mass is 378 g/mol. The van der Waals surface area contributed by atoms with Gasteiger partial charge in [0.1, 0.15) is 17.5 Å². The number of quaternary nitrogens is 1. The number of carbonyl (C=O) groups excluding carboxylic acids is 2. The molecule has 2 aromatic carbocycles. The van der Waals surface area contributed by atoms with Crippen LogP contribution in [0.5, 0.6) is 0 Å². The number of nitrogens with zero attached hydrogens (tertiary/aromatic N) is 1. The number of hydrogen-bond donors (Lipinski definition) is 2. The van der Waals surface area contributed by atoms with Crippen LogP contribution >= 0.6 is 0 Å². The SMILES string of the molecule is O=C(C[NH+]1CCN(C(=O)c2cc(F)cc(F)c2)CC1)Nc1cccc(F)c1. The fraction of sp³-hybridized carbons (Fsp3) is 0.263. The number of amides is 2. The second kappa shape index (κ2) is 8.22. The van der Waals surface area contributed by atoms with Crippen LogP contribution in [0.15, 0.2) is 42.5 Å². The molecule has 2 amide bonds.